The van der Waals surface area contributed by atoms with Crippen LogP contribution in [0.3, 0.4) is 0 Å². The maximum absolute atomic E-state index is 13.4. The van der Waals surface area contributed by atoms with Crippen LogP contribution < -0.4 is 0 Å². The number of piperazine rings is 1. The Kier molecular flexibility index (Phi) is 5.68. The van der Waals surface area contributed by atoms with E-state index in [0.29, 0.717) is 44.2 Å². The summed E-state index contributed by atoms with van der Waals surface area (Å²) in [5, 5.41) is 4.15. The largest absolute Gasteiger partial charge is 0.339 e. The van der Waals surface area contributed by atoms with Crippen LogP contribution in [0.2, 0.25) is 0 Å². The fourth-order valence-electron chi connectivity index (χ4n) is 3.83. The molecule has 2 aromatic rings. The highest BCUT2D eigenvalue weighted by Gasteiger charge is 2.30. The molecule has 28 heavy (non-hydrogen) atoms. The highest BCUT2D eigenvalue weighted by molar-refractivity contribution is 5.77. The molecule has 150 valence electrons. The number of likely N-dealkylation sites (N-methyl/N-ethyl adjacent to an activating group) is 1. The number of carbonyl (C=O) groups is 1. The predicted molar refractivity (Wildman–Crippen MR) is 101 cm³/mol. The number of likely N-dealkylation sites (tertiary alicyclic amines) is 1. The minimum absolute atomic E-state index is 0.0278. The van der Waals surface area contributed by atoms with E-state index in [1.807, 2.05) is 6.07 Å². The van der Waals surface area contributed by atoms with E-state index in [0.717, 1.165) is 31.7 Å². The monoisotopic (exact) mass is 387 g/mol. The smallest absolute Gasteiger partial charge is 0.231 e. The molecule has 0 radical (unpaired) electrons. The molecule has 0 spiro atoms. The molecule has 1 aromatic heterocycles. The van der Waals surface area contributed by atoms with Gasteiger partial charge in [0, 0.05) is 45.7 Å². The molecule has 1 amide bonds. The van der Waals surface area contributed by atoms with Crippen molar-refractivity contribution in [1.82, 2.24) is 24.8 Å². The number of rotatable bonds is 5. The molecule has 2 aliphatic rings. The van der Waals surface area contributed by atoms with E-state index in [2.05, 4.69) is 27.0 Å². The molecule has 0 aliphatic carbocycles. The Morgan fingerprint density at radius 1 is 1.21 bits per heavy atom. The number of nitrogens with zero attached hydrogens (tertiary/aromatic N) is 5. The zero-order valence-corrected chi connectivity index (χ0v) is 16.2. The number of amides is 1. The third kappa shape index (κ3) is 4.56. The molecule has 4 rings (SSSR count). The number of piperidine rings is 1. The number of hydrogen-bond donors (Lipinski definition) is 0. The summed E-state index contributed by atoms with van der Waals surface area (Å²) in [5.41, 5.74) is 0.787. The van der Waals surface area contributed by atoms with Gasteiger partial charge in [-0.05, 0) is 31.2 Å². The van der Waals surface area contributed by atoms with Crippen LogP contribution in [0.4, 0.5) is 4.39 Å². The van der Waals surface area contributed by atoms with Gasteiger partial charge in [0.15, 0.2) is 5.82 Å². The fraction of sp³-hybridized carbons (Fsp3) is 0.550. The summed E-state index contributed by atoms with van der Waals surface area (Å²) in [6.07, 6.45) is 1.14. The number of halogens is 1. The summed E-state index contributed by atoms with van der Waals surface area (Å²) >= 11 is 0. The Balaban J connectivity index is 1.37. The molecule has 3 heterocycles. The van der Waals surface area contributed by atoms with Gasteiger partial charge < -0.3 is 14.3 Å². The molecule has 7 nitrogen and oxygen atoms in total. The van der Waals surface area contributed by atoms with Crippen LogP contribution in [0.15, 0.2) is 28.8 Å². The quantitative estimate of drug-likeness (QED) is 0.780. The first-order chi connectivity index (χ1) is 13.6. The average molecular weight is 387 g/mol. The molecule has 1 aromatic carbocycles. The Morgan fingerprint density at radius 2 is 2.04 bits per heavy atom. The highest BCUT2D eigenvalue weighted by Crippen LogP contribution is 2.27. The average Bonchev–Trinajstić information content (AvgIpc) is 3.14. The number of benzene rings is 1. The van der Waals surface area contributed by atoms with Crippen molar-refractivity contribution in [3.8, 4) is 0 Å². The van der Waals surface area contributed by atoms with Crippen molar-refractivity contribution >= 4 is 5.91 Å². The minimum Gasteiger partial charge on any atom is -0.339 e. The van der Waals surface area contributed by atoms with E-state index in [-0.39, 0.29) is 17.6 Å². The summed E-state index contributed by atoms with van der Waals surface area (Å²) in [7, 11) is 2.13. The normalized spacial score (nSPS) is 22.0. The molecule has 0 bridgehead atoms. The lowest BCUT2D eigenvalue weighted by molar-refractivity contribution is -0.134. The number of hydrogen-bond acceptors (Lipinski definition) is 6. The van der Waals surface area contributed by atoms with Crippen LogP contribution in [0.25, 0.3) is 0 Å². The predicted octanol–water partition coefficient (Wildman–Crippen LogP) is 1.86. The Hall–Kier alpha value is -2.32. The second-order valence-electron chi connectivity index (χ2n) is 7.77. The molecule has 0 saturated carbocycles. The highest BCUT2D eigenvalue weighted by atomic mass is 19.1. The van der Waals surface area contributed by atoms with Crippen LogP contribution in [0.1, 0.15) is 36.0 Å². The van der Waals surface area contributed by atoms with E-state index in [9.17, 15) is 9.18 Å². The van der Waals surface area contributed by atoms with Crippen LogP contribution in [0.5, 0.6) is 0 Å². The van der Waals surface area contributed by atoms with Gasteiger partial charge in [0.05, 0.1) is 12.5 Å². The molecule has 2 fully saturated rings. The van der Waals surface area contributed by atoms with Gasteiger partial charge in [-0.1, -0.05) is 17.3 Å². The summed E-state index contributed by atoms with van der Waals surface area (Å²) < 4.78 is 19.0. The maximum atomic E-state index is 13.4. The van der Waals surface area contributed by atoms with E-state index in [1.165, 1.54) is 12.1 Å². The third-order valence-corrected chi connectivity index (χ3v) is 5.56. The van der Waals surface area contributed by atoms with Gasteiger partial charge in [-0.2, -0.15) is 4.98 Å². The van der Waals surface area contributed by atoms with Crippen LogP contribution >= 0.6 is 0 Å². The lowest BCUT2D eigenvalue weighted by Crippen LogP contribution is -2.44. The van der Waals surface area contributed by atoms with Crippen molar-refractivity contribution in [2.24, 2.45) is 0 Å². The fourth-order valence-corrected chi connectivity index (χ4v) is 3.83. The van der Waals surface area contributed by atoms with Gasteiger partial charge in [-0.3, -0.25) is 9.69 Å². The van der Waals surface area contributed by atoms with E-state index in [1.54, 1.807) is 11.0 Å². The van der Waals surface area contributed by atoms with Crippen molar-refractivity contribution in [1.29, 1.82) is 0 Å². The molecular weight excluding hydrogens is 361 g/mol. The Labute approximate surface area is 164 Å². The molecule has 1 atom stereocenters. The second-order valence-corrected chi connectivity index (χ2v) is 7.77. The minimum atomic E-state index is -0.288. The topological polar surface area (TPSA) is 65.7 Å². The third-order valence-electron chi connectivity index (χ3n) is 5.56. The van der Waals surface area contributed by atoms with Crippen LogP contribution in [0, 0.1) is 5.82 Å². The van der Waals surface area contributed by atoms with Gasteiger partial charge in [-0.25, -0.2) is 4.39 Å². The molecule has 1 unspecified atom stereocenters. The first-order valence-corrected chi connectivity index (χ1v) is 9.82. The number of carbonyl (C=O) groups excluding carboxylic acids is 1. The Morgan fingerprint density at radius 3 is 2.82 bits per heavy atom. The molecule has 2 saturated heterocycles. The summed E-state index contributed by atoms with van der Waals surface area (Å²) in [5.74, 6) is 1.12. The van der Waals surface area contributed by atoms with Gasteiger partial charge in [-0.15, -0.1) is 0 Å². The zero-order chi connectivity index (χ0) is 19.5. The van der Waals surface area contributed by atoms with Gasteiger partial charge in [0.1, 0.15) is 5.82 Å². The van der Waals surface area contributed by atoms with Crippen molar-refractivity contribution in [3.63, 3.8) is 0 Å². The second kappa shape index (κ2) is 8.36. The lowest BCUT2D eigenvalue weighted by atomic mass is 9.97. The van der Waals surface area contributed by atoms with E-state index in [4.69, 9.17) is 4.52 Å². The van der Waals surface area contributed by atoms with Crippen molar-refractivity contribution in [3.05, 3.63) is 47.4 Å². The van der Waals surface area contributed by atoms with Gasteiger partial charge in [0.25, 0.3) is 0 Å². The number of aromatic nitrogens is 2. The molecule has 2 aliphatic heterocycles. The first kappa shape index (κ1) is 19.0. The van der Waals surface area contributed by atoms with Crippen molar-refractivity contribution < 1.29 is 13.7 Å². The van der Waals surface area contributed by atoms with Gasteiger partial charge >= 0.3 is 0 Å². The van der Waals surface area contributed by atoms with Crippen LogP contribution in [-0.2, 0) is 17.9 Å². The molecule has 8 heteroatoms. The summed E-state index contributed by atoms with van der Waals surface area (Å²) in [6, 6.07) is 6.38. The lowest BCUT2D eigenvalue weighted by Gasteiger charge is -2.31. The SMILES string of the molecule is CN1CCN(Cc2noc(C3CCC(=O)N(Cc4cccc(F)c4)C3)n2)CC1. The summed E-state index contributed by atoms with van der Waals surface area (Å²) in [4.78, 5) is 23.3. The first-order valence-electron chi connectivity index (χ1n) is 9.82. The van der Waals surface area contributed by atoms with Crippen molar-refractivity contribution in [2.75, 3.05) is 39.8 Å². The molecular formula is C20H26FN5O2. The van der Waals surface area contributed by atoms with Crippen LogP contribution in [-0.4, -0.2) is 70.5 Å². The Bertz CT molecular complexity index is 818. The summed E-state index contributed by atoms with van der Waals surface area (Å²) in [6.45, 7) is 5.70. The molecule has 0 N–H and O–H groups in total. The van der Waals surface area contributed by atoms with E-state index < -0.39 is 0 Å². The van der Waals surface area contributed by atoms with Gasteiger partial charge in [0.2, 0.25) is 11.8 Å². The standard InChI is InChI=1S/C20H26FN5O2/c1-24-7-9-25(10-8-24)14-18-22-20(28-23-18)16-5-6-19(27)26(13-16)12-15-3-2-4-17(21)11-15/h2-4,11,16H,5-10,12-14H2,1H3. The maximum Gasteiger partial charge on any atom is 0.231 e. The van der Waals surface area contributed by atoms with Crippen molar-refractivity contribution in [2.45, 2.75) is 31.8 Å². The van der Waals surface area contributed by atoms with E-state index >= 15 is 0 Å². The zero-order valence-electron chi connectivity index (χ0n) is 16.2.